The first-order chi connectivity index (χ1) is 10.1. The lowest BCUT2D eigenvalue weighted by molar-refractivity contribution is -0.117. The lowest BCUT2D eigenvalue weighted by atomic mass is 10.1. The smallest absolute Gasteiger partial charge is 0.267 e. The van der Waals surface area contributed by atoms with E-state index in [2.05, 4.69) is 5.43 Å². The molecule has 4 heteroatoms. The molecule has 0 bridgehead atoms. The Morgan fingerprint density at radius 3 is 2.29 bits per heavy atom. The maximum atomic E-state index is 12.4. The number of aryl methyl sites for hydroxylation is 1. The number of nitrogens with zero attached hydrogens (tertiary/aromatic N) is 1. The number of hydrazine groups is 1. The molecule has 0 saturated carbocycles. The summed E-state index contributed by atoms with van der Waals surface area (Å²) in [6.45, 7) is 1.97. The monoisotopic (exact) mass is 278 g/mol. The normalized spacial score (nSPS) is 16.4. The molecule has 1 aliphatic rings. The maximum absolute atomic E-state index is 12.4. The molecule has 0 atom stereocenters. The van der Waals surface area contributed by atoms with Crippen LogP contribution in [0.25, 0.3) is 6.08 Å². The van der Waals surface area contributed by atoms with E-state index in [1.807, 2.05) is 49.4 Å². The Kier molecular flexibility index (Phi) is 3.28. The minimum atomic E-state index is -0.385. The lowest BCUT2D eigenvalue weighted by Gasteiger charge is -2.14. The molecular formula is C17H14N2O2. The minimum absolute atomic E-state index is 0.141. The van der Waals surface area contributed by atoms with Crippen LogP contribution in [0.4, 0.5) is 5.69 Å². The topological polar surface area (TPSA) is 49.4 Å². The third-order valence-electron chi connectivity index (χ3n) is 3.29. The molecule has 0 radical (unpaired) electrons. The van der Waals surface area contributed by atoms with Crippen molar-refractivity contribution in [2.24, 2.45) is 0 Å². The van der Waals surface area contributed by atoms with E-state index in [4.69, 9.17) is 0 Å². The Labute approximate surface area is 122 Å². The van der Waals surface area contributed by atoms with Crippen LogP contribution >= 0.6 is 0 Å². The molecule has 21 heavy (non-hydrogen) atoms. The van der Waals surface area contributed by atoms with Gasteiger partial charge in [0.1, 0.15) is 5.57 Å². The number of carbonyl (C=O) groups excluding carboxylic acids is 2. The fourth-order valence-electron chi connectivity index (χ4n) is 2.15. The summed E-state index contributed by atoms with van der Waals surface area (Å²) in [5.41, 5.74) is 5.29. The molecule has 4 nitrogen and oxygen atoms in total. The largest absolute Gasteiger partial charge is 0.282 e. The first kappa shape index (κ1) is 13.1. The van der Waals surface area contributed by atoms with E-state index in [1.165, 1.54) is 5.01 Å². The highest BCUT2D eigenvalue weighted by atomic mass is 16.2. The van der Waals surface area contributed by atoms with Crippen molar-refractivity contribution in [2.75, 3.05) is 5.01 Å². The summed E-state index contributed by atoms with van der Waals surface area (Å²) in [4.78, 5) is 24.4. The molecule has 104 valence electrons. The molecule has 2 aromatic carbocycles. The Morgan fingerprint density at radius 2 is 1.62 bits per heavy atom. The highest BCUT2D eigenvalue weighted by molar-refractivity contribution is 6.31. The summed E-state index contributed by atoms with van der Waals surface area (Å²) in [5.74, 6) is -0.725. The standard InChI is InChI=1S/C17H14N2O2/c1-12-7-9-14(10-8-12)19-17(21)15(16(20)18-19)11-13-5-3-2-4-6-13/h2-11H,1H3,(H,18,20)/b15-11+. The SMILES string of the molecule is Cc1ccc(N2NC(=O)/C(=C\c3ccccc3)C2=O)cc1. The first-order valence-electron chi connectivity index (χ1n) is 6.64. The third-order valence-corrected chi connectivity index (χ3v) is 3.29. The van der Waals surface area contributed by atoms with Gasteiger partial charge in [0.15, 0.2) is 0 Å². The van der Waals surface area contributed by atoms with Crippen molar-refractivity contribution in [2.45, 2.75) is 6.92 Å². The van der Waals surface area contributed by atoms with E-state index in [9.17, 15) is 9.59 Å². The highest BCUT2D eigenvalue weighted by Gasteiger charge is 2.34. The number of hydrogen-bond donors (Lipinski definition) is 1. The molecule has 2 aromatic rings. The minimum Gasteiger partial charge on any atom is -0.267 e. The van der Waals surface area contributed by atoms with Gasteiger partial charge in [-0.15, -0.1) is 0 Å². The zero-order valence-electron chi connectivity index (χ0n) is 11.5. The van der Waals surface area contributed by atoms with E-state index < -0.39 is 0 Å². The zero-order valence-corrected chi connectivity index (χ0v) is 11.5. The summed E-state index contributed by atoms with van der Waals surface area (Å²) in [5, 5.41) is 1.27. The van der Waals surface area contributed by atoms with Gasteiger partial charge < -0.3 is 0 Å². The number of anilines is 1. The maximum Gasteiger partial charge on any atom is 0.282 e. The van der Waals surface area contributed by atoms with Crippen LogP contribution in [-0.4, -0.2) is 11.8 Å². The van der Waals surface area contributed by atoms with Crippen LogP contribution in [0.2, 0.25) is 0 Å². The number of rotatable bonds is 2. The van der Waals surface area contributed by atoms with Crippen LogP contribution in [0, 0.1) is 6.92 Å². The van der Waals surface area contributed by atoms with Crippen LogP contribution in [0.3, 0.4) is 0 Å². The Bertz CT molecular complexity index is 718. The van der Waals surface area contributed by atoms with Crippen molar-refractivity contribution in [3.8, 4) is 0 Å². The van der Waals surface area contributed by atoms with Crippen LogP contribution < -0.4 is 10.4 Å². The number of amides is 2. The molecule has 1 N–H and O–H groups in total. The van der Waals surface area contributed by atoms with Crippen molar-refractivity contribution in [3.63, 3.8) is 0 Å². The average molecular weight is 278 g/mol. The summed E-state index contributed by atoms with van der Waals surface area (Å²) in [6.07, 6.45) is 1.60. The van der Waals surface area contributed by atoms with Gasteiger partial charge in [-0.25, -0.2) is 5.01 Å². The Morgan fingerprint density at radius 1 is 0.952 bits per heavy atom. The van der Waals surface area contributed by atoms with Gasteiger partial charge in [0, 0.05) is 0 Å². The molecule has 2 amide bonds. The van der Waals surface area contributed by atoms with Crippen molar-refractivity contribution in [1.29, 1.82) is 0 Å². The summed E-state index contributed by atoms with van der Waals surface area (Å²) >= 11 is 0. The van der Waals surface area contributed by atoms with Crippen molar-refractivity contribution >= 4 is 23.6 Å². The van der Waals surface area contributed by atoms with E-state index >= 15 is 0 Å². The van der Waals surface area contributed by atoms with Crippen LogP contribution in [-0.2, 0) is 9.59 Å². The fraction of sp³-hybridized carbons (Fsp3) is 0.0588. The second-order valence-corrected chi connectivity index (χ2v) is 4.89. The van der Waals surface area contributed by atoms with Gasteiger partial charge >= 0.3 is 0 Å². The van der Waals surface area contributed by atoms with Gasteiger partial charge in [-0.05, 0) is 30.7 Å². The van der Waals surface area contributed by atoms with Gasteiger partial charge in [0.05, 0.1) is 5.69 Å². The second-order valence-electron chi connectivity index (χ2n) is 4.89. The second kappa shape index (κ2) is 5.25. The number of hydrogen-bond acceptors (Lipinski definition) is 2. The molecule has 3 rings (SSSR count). The van der Waals surface area contributed by atoms with E-state index in [1.54, 1.807) is 18.2 Å². The van der Waals surface area contributed by atoms with Gasteiger partial charge in [-0.3, -0.25) is 15.0 Å². The molecule has 0 unspecified atom stereocenters. The van der Waals surface area contributed by atoms with Crippen LogP contribution in [0.15, 0.2) is 60.2 Å². The lowest BCUT2D eigenvalue weighted by Crippen LogP contribution is -2.35. The summed E-state index contributed by atoms with van der Waals surface area (Å²) in [6, 6.07) is 16.7. The number of benzene rings is 2. The van der Waals surface area contributed by atoms with Crippen molar-refractivity contribution in [3.05, 3.63) is 71.3 Å². The van der Waals surface area contributed by atoms with Gasteiger partial charge in [0.25, 0.3) is 11.8 Å². The van der Waals surface area contributed by atoms with Gasteiger partial charge in [0.2, 0.25) is 0 Å². The van der Waals surface area contributed by atoms with Crippen LogP contribution in [0.1, 0.15) is 11.1 Å². The average Bonchev–Trinajstić information content (AvgIpc) is 2.77. The first-order valence-corrected chi connectivity index (χ1v) is 6.64. The van der Waals surface area contributed by atoms with Gasteiger partial charge in [-0.2, -0.15) is 0 Å². The molecule has 0 aromatic heterocycles. The van der Waals surface area contributed by atoms with Crippen molar-refractivity contribution < 1.29 is 9.59 Å². The van der Waals surface area contributed by atoms with E-state index in [0.717, 1.165) is 11.1 Å². The Balaban J connectivity index is 1.92. The van der Waals surface area contributed by atoms with E-state index in [0.29, 0.717) is 5.69 Å². The molecular weight excluding hydrogens is 264 g/mol. The summed E-state index contributed by atoms with van der Waals surface area (Å²) < 4.78 is 0. The third kappa shape index (κ3) is 2.56. The molecule has 1 saturated heterocycles. The zero-order chi connectivity index (χ0) is 14.8. The quantitative estimate of drug-likeness (QED) is 0.677. The highest BCUT2D eigenvalue weighted by Crippen LogP contribution is 2.21. The Hall–Kier alpha value is -2.88. The number of nitrogens with one attached hydrogen (secondary N) is 1. The molecule has 1 fully saturated rings. The summed E-state index contributed by atoms with van der Waals surface area (Å²) in [7, 11) is 0. The number of carbonyl (C=O) groups is 2. The molecule has 0 aliphatic carbocycles. The van der Waals surface area contributed by atoms with Gasteiger partial charge in [-0.1, -0.05) is 48.0 Å². The molecule has 1 heterocycles. The fourth-order valence-corrected chi connectivity index (χ4v) is 2.15. The van der Waals surface area contributed by atoms with E-state index in [-0.39, 0.29) is 17.4 Å². The predicted molar refractivity (Wildman–Crippen MR) is 81.2 cm³/mol. The van der Waals surface area contributed by atoms with Crippen LogP contribution in [0.5, 0.6) is 0 Å². The van der Waals surface area contributed by atoms with Crippen molar-refractivity contribution in [1.82, 2.24) is 5.43 Å². The predicted octanol–water partition coefficient (Wildman–Crippen LogP) is 2.46. The molecule has 1 aliphatic heterocycles. The molecule has 0 spiro atoms.